The first-order chi connectivity index (χ1) is 13.7. The first-order valence-corrected chi connectivity index (χ1v) is 16.1. The van der Waals surface area contributed by atoms with Gasteiger partial charge >= 0.3 is 8.80 Å². The Labute approximate surface area is 182 Å². The predicted molar refractivity (Wildman–Crippen MR) is 126 cm³/mol. The Hall–Kier alpha value is -0.216. The van der Waals surface area contributed by atoms with E-state index in [1.165, 1.54) is 0 Å². The normalized spacial score (nSPS) is 17.4. The minimum atomic E-state index is -2.88. The van der Waals surface area contributed by atoms with E-state index in [1.54, 1.807) is 0 Å². The van der Waals surface area contributed by atoms with Gasteiger partial charge in [0.1, 0.15) is 0 Å². The molecule has 0 saturated heterocycles. The van der Waals surface area contributed by atoms with Gasteiger partial charge in [0.15, 0.2) is 0 Å². The second-order valence-electron chi connectivity index (χ2n) is 8.19. The molecule has 0 N–H and O–H groups in total. The summed E-state index contributed by atoms with van der Waals surface area (Å²) < 4.78 is 24.4. The molecule has 7 heteroatoms. The molecule has 0 aliphatic carbocycles. The van der Waals surface area contributed by atoms with Gasteiger partial charge in [0.2, 0.25) is 0 Å². The van der Waals surface area contributed by atoms with E-state index in [1.807, 2.05) is 27.7 Å². The van der Waals surface area contributed by atoms with Crippen molar-refractivity contribution >= 4 is 23.1 Å². The van der Waals surface area contributed by atoms with Crippen LogP contribution in [0, 0.1) is 5.92 Å². The minimum Gasteiger partial charge on any atom is -0.518 e. The van der Waals surface area contributed by atoms with Crippen molar-refractivity contribution in [1.29, 1.82) is 0 Å². The van der Waals surface area contributed by atoms with Crippen molar-refractivity contribution in [2.24, 2.45) is 5.92 Å². The van der Waals surface area contributed by atoms with E-state index in [0.29, 0.717) is 36.9 Å². The quantitative estimate of drug-likeness (QED) is 0.236. The maximum atomic E-state index is 13.3. The number of carbonyl (C=O) groups excluding carboxylic acids is 1. The van der Waals surface area contributed by atoms with E-state index in [2.05, 4.69) is 34.6 Å². The molecule has 0 rings (SSSR count). The lowest BCUT2D eigenvalue weighted by Crippen LogP contribution is -2.51. The number of rotatable bonds is 17. The van der Waals surface area contributed by atoms with E-state index in [4.69, 9.17) is 17.7 Å². The molecule has 0 saturated carbocycles. The molecule has 5 nitrogen and oxygen atoms in total. The van der Waals surface area contributed by atoms with Crippen LogP contribution in [0.25, 0.3) is 0 Å². The topological polar surface area (TPSA) is 54.0 Å². The largest absolute Gasteiger partial charge is 0.518 e. The van der Waals surface area contributed by atoms with Gasteiger partial charge in [0.25, 0.3) is 14.3 Å². The average molecular weight is 449 g/mol. The fourth-order valence-corrected chi connectivity index (χ4v) is 12.2. The third kappa shape index (κ3) is 8.44. The van der Waals surface area contributed by atoms with Gasteiger partial charge in [0.05, 0.1) is 5.92 Å². The van der Waals surface area contributed by atoms with Crippen molar-refractivity contribution < 1.29 is 22.5 Å². The van der Waals surface area contributed by atoms with E-state index >= 15 is 0 Å². The number of carbonyl (C=O) groups is 1. The van der Waals surface area contributed by atoms with Crippen molar-refractivity contribution in [3.05, 3.63) is 0 Å². The van der Waals surface area contributed by atoms with Crippen molar-refractivity contribution in [3.63, 3.8) is 0 Å². The van der Waals surface area contributed by atoms with Gasteiger partial charge in [-0.15, -0.1) is 0 Å². The molecule has 0 fully saturated rings. The maximum absolute atomic E-state index is 13.3. The highest BCUT2D eigenvalue weighted by molar-refractivity contribution is 6.77. The summed E-state index contributed by atoms with van der Waals surface area (Å²) in [6.45, 7) is 20.5. The summed E-state index contributed by atoms with van der Waals surface area (Å²) >= 11 is 0. The zero-order valence-corrected chi connectivity index (χ0v) is 22.6. The van der Waals surface area contributed by atoms with Crippen LogP contribution in [0.2, 0.25) is 23.2 Å². The zero-order chi connectivity index (χ0) is 22.5. The fourth-order valence-electron chi connectivity index (χ4n) is 4.08. The summed E-state index contributed by atoms with van der Waals surface area (Å²) in [6.07, 6.45) is 4.36. The molecule has 0 aliphatic rings. The maximum Gasteiger partial charge on any atom is 0.501 e. The molecule has 0 amide bonds. The Kier molecular flexibility index (Phi) is 14.6. The Balaban J connectivity index is 5.64. The van der Waals surface area contributed by atoms with Crippen molar-refractivity contribution in [3.8, 4) is 0 Å². The Bertz CT molecular complexity index is 420. The fraction of sp³-hybridized carbons (Fsp3) is 0.955. The molecule has 0 radical (unpaired) electrons. The Morgan fingerprint density at radius 3 is 1.59 bits per heavy atom. The molecule has 0 aromatic rings. The summed E-state index contributed by atoms with van der Waals surface area (Å²) in [7, 11) is -5.12. The molecule has 29 heavy (non-hydrogen) atoms. The van der Waals surface area contributed by atoms with Crippen LogP contribution in [0.5, 0.6) is 0 Å². The summed E-state index contributed by atoms with van der Waals surface area (Å²) in [4.78, 5) is 13.3. The van der Waals surface area contributed by atoms with Gasteiger partial charge in [-0.1, -0.05) is 67.2 Å². The van der Waals surface area contributed by atoms with Gasteiger partial charge in [0, 0.05) is 25.9 Å². The zero-order valence-electron chi connectivity index (χ0n) is 20.6. The van der Waals surface area contributed by atoms with Crippen molar-refractivity contribution in [1.82, 2.24) is 0 Å². The second kappa shape index (κ2) is 14.7. The van der Waals surface area contributed by atoms with Crippen LogP contribution in [0.15, 0.2) is 0 Å². The summed E-state index contributed by atoms with van der Waals surface area (Å²) in [5.41, 5.74) is 0.903. The van der Waals surface area contributed by atoms with Gasteiger partial charge in [-0.3, -0.25) is 4.79 Å². The second-order valence-corrected chi connectivity index (χ2v) is 15.4. The lowest BCUT2D eigenvalue weighted by molar-refractivity contribution is -0.139. The highest BCUT2D eigenvalue weighted by Crippen LogP contribution is 2.43. The smallest absolute Gasteiger partial charge is 0.501 e. The highest BCUT2D eigenvalue weighted by atomic mass is 28.4. The summed E-state index contributed by atoms with van der Waals surface area (Å²) in [5, 5.41) is 0. The molecule has 0 aromatic heterocycles. The SMILES string of the molecule is CCCC[Si](OC(=O)C(C)C[Si](OCC)(OCC)OCC)(C(C)CC)C(C)CC. The van der Waals surface area contributed by atoms with Gasteiger partial charge in [-0.2, -0.15) is 0 Å². The van der Waals surface area contributed by atoms with Crippen molar-refractivity contribution in [2.75, 3.05) is 19.8 Å². The van der Waals surface area contributed by atoms with Crippen molar-refractivity contribution in [2.45, 2.75) is 111 Å². The molecular weight excluding hydrogens is 400 g/mol. The molecule has 0 aromatic carbocycles. The molecule has 0 spiro atoms. The lowest BCUT2D eigenvalue weighted by atomic mass is 10.2. The van der Waals surface area contributed by atoms with Crippen LogP contribution < -0.4 is 0 Å². The van der Waals surface area contributed by atoms with E-state index in [9.17, 15) is 4.79 Å². The van der Waals surface area contributed by atoms with Crippen LogP contribution >= 0.6 is 0 Å². The number of hydrogen-bond donors (Lipinski definition) is 0. The number of hydrogen-bond acceptors (Lipinski definition) is 5. The Morgan fingerprint density at radius 2 is 1.24 bits per heavy atom. The molecule has 0 aliphatic heterocycles. The minimum absolute atomic E-state index is 0.0932. The third-order valence-corrected chi connectivity index (χ3v) is 15.3. The van der Waals surface area contributed by atoms with Gasteiger partial charge in [-0.05, 0) is 37.9 Å². The first-order valence-electron chi connectivity index (χ1n) is 11.9. The molecule has 174 valence electrons. The molecular formula is C22H48O5Si2. The molecule has 3 unspecified atom stereocenters. The average Bonchev–Trinajstić information content (AvgIpc) is 2.70. The predicted octanol–water partition coefficient (Wildman–Crippen LogP) is 6.56. The van der Waals surface area contributed by atoms with E-state index < -0.39 is 17.1 Å². The van der Waals surface area contributed by atoms with Gasteiger partial charge < -0.3 is 17.7 Å². The number of unbranched alkanes of at least 4 members (excludes halogenated alkanes) is 1. The van der Waals surface area contributed by atoms with Crippen LogP contribution in [-0.2, 0) is 22.5 Å². The highest BCUT2D eigenvalue weighted by Gasteiger charge is 2.49. The monoisotopic (exact) mass is 448 g/mol. The molecule has 3 atom stereocenters. The van der Waals surface area contributed by atoms with Crippen LogP contribution in [0.4, 0.5) is 0 Å². The summed E-state index contributed by atoms with van der Waals surface area (Å²) in [6, 6.07) is 1.53. The molecule has 0 heterocycles. The lowest BCUT2D eigenvalue weighted by Gasteiger charge is -2.41. The third-order valence-electron chi connectivity index (χ3n) is 6.16. The van der Waals surface area contributed by atoms with E-state index in [0.717, 1.165) is 31.7 Å². The van der Waals surface area contributed by atoms with Crippen LogP contribution in [0.1, 0.15) is 88.0 Å². The van der Waals surface area contributed by atoms with Crippen LogP contribution in [0.3, 0.4) is 0 Å². The van der Waals surface area contributed by atoms with Crippen LogP contribution in [-0.4, -0.2) is 42.9 Å². The molecule has 0 bridgehead atoms. The Morgan fingerprint density at radius 1 is 0.793 bits per heavy atom. The first kappa shape index (κ1) is 28.8. The summed E-state index contributed by atoms with van der Waals surface area (Å²) in [5.74, 6) is -0.391. The standard InChI is InChI=1S/C22H48O5Si2/c1-10-16-17-28(20(8)11-2,21(9)12-3)27-22(23)19(7)18-29(24-13-4,25-14-5)26-15-6/h19-21H,10-18H2,1-9H3. The van der Waals surface area contributed by atoms with E-state index in [-0.39, 0.29) is 11.9 Å². The van der Waals surface area contributed by atoms with Gasteiger partial charge in [-0.25, -0.2) is 0 Å².